The Kier molecular flexibility index (Phi) is 7.84. The maximum atomic E-state index is 13.5. The lowest BCUT2D eigenvalue weighted by atomic mass is 10.0. The van der Waals surface area contributed by atoms with Gasteiger partial charge in [-0.1, -0.05) is 71.7 Å². The molecule has 0 aliphatic carbocycles. The fourth-order valence-corrected chi connectivity index (χ4v) is 4.85. The first kappa shape index (κ1) is 26.7. The maximum Gasteiger partial charge on any atom is 0.343 e. The lowest BCUT2D eigenvalue weighted by molar-refractivity contribution is -0.121. The van der Waals surface area contributed by atoms with Gasteiger partial charge in [-0.2, -0.15) is 0 Å². The highest BCUT2D eigenvalue weighted by atomic mass is 79.9. The molecule has 4 aromatic rings. The van der Waals surface area contributed by atoms with Crippen LogP contribution in [0.4, 0.5) is 16.2 Å². The van der Waals surface area contributed by atoms with Crippen molar-refractivity contribution >= 4 is 74.4 Å². The Hall–Kier alpha value is -3.91. The van der Waals surface area contributed by atoms with Gasteiger partial charge in [0.25, 0.3) is 11.8 Å². The summed E-state index contributed by atoms with van der Waals surface area (Å²) in [5.74, 6) is -0.865. The third kappa shape index (κ3) is 5.61. The van der Waals surface area contributed by atoms with E-state index in [2.05, 4.69) is 15.9 Å². The van der Waals surface area contributed by atoms with Crippen LogP contribution in [-0.4, -0.2) is 17.8 Å². The van der Waals surface area contributed by atoms with Crippen LogP contribution in [0.1, 0.15) is 11.1 Å². The standard InChI is InChI=1S/C30H19BrCl2N2O4/c31-24-16-19(12-14-27(24)39-18-20-11-13-25(32)26(33)17-20)15-23-28(36)34(21-7-3-1-4-8-21)30(38)35(29(23)37)22-9-5-2-6-10-22/h1-17H,18H2. The van der Waals surface area contributed by atoms with E-state index in [1.54, 1.807) is 91.0 Å². The predicted molar refractivity (Wildman–Crippen MR) is 156 cm³/mol. The molecule has 0 spiro atoms. The lowest BCUT2D eigenvalue weighted by Crippen LogP contribution is -2.57. The van der Waals surface area contributed by atoms with Crippen LogP contribution in [0.25, 0.3) is 6.08 Å². The highest BCUT2D eigenvalue weighted by Crippen LogP contribution is 2.32. The van der Waals surface area contributed by atoms with E-state index in [4.69, 9.17) is 27.9 Å². The number of halogens is 3. The molecule has 0 unspecified atom stereocenters. The number of ether oxygens (including phenoxy) is 1. The summed E-state index contributed by atoms with van der Waals surface area (Å²) in [6, 6.07) is 26.7. The molecule has 1 fully saturated rings. The molecule has 39 heavy (non-hydrogen) atoms. The largest absolute Gasteiger partial charge is 0.488 e. The van der Waals surface area contributed by atoms with Crippen LogP contribution < -0.4 is 14.5 Å². The molecular formula is C30H19BrCl2N2O4. The number of para-hydroxylation sites is 2. The number of carbonyl (C=O) groups excluding carboxylic acids is 3. The molecule has 0 N–H and O–H groups in total. The van der Waals surface area contributed by atoms with Gasteiger partial charge in [-0.15, -0.1) is 0 Å². The molecule has 194 valence electrons. The second kappa shape index (κ2) is 11.5. The first-order chi connectivity index (χ1) is 18.8. The summed E-state index contributed by atoms with van der Waals surface area (Å²) >= 11 is 15.6. The number of hydrogen-bond donors (Lipinski definition) is 0. The monoisotopic (exact) mass is 620 g/mol. The van der Waals surface area contributed by atoms with E-state index in [9.17, 15) is 14.4 Å². The zero-order chi connectivity index (χ0) is 27.5. The van der Waals surface area contributed by atoms with Crippen molar-refractivity contribution < 1.29 is 19.1 Å². The Bertz CT molecular complexity index is 1550. The van der Waals surface area contributed by atoms with E-state index >= 15 is 0 Å². The molecule has 1 aliphatic rings. The van der Waals surface area contributed by atoms with Crippen molar-refractivity contribution in [3.05, 3.63) is 128 Å². The van der Waals surface area contributed by atoms with Crippen molar-refractivity contribution in [2.24, 2.45) is 0 Å². The third-order valence-electron chi connectivity index (χ3n) is 5.92. The summed E-state index contributed by atoms with van der Waals surface area (Å²) in [4.78, 5) is 42.5. The highest BCUT2D eigenvalue weighted by Gasteiger charge is 2.43. The highest BCUT2D eigenvalue weighted by molar-refractivity contribution is 9.10. The van der Waals surface area contributed by atoms with E-state index in [0.29, 0.717) is 37.2 Å². The average Bonchev–Trinajstić information content (AvgIpc) is 2.94. The van der Waals surface area contributed by atoms with Gasteiger partial charge in [0.15, 0.2) is 0 Å². The molecule has 0 atom stereocenters. The Balaban J connectivity index is 1.47. The van der Waals surface area contributed by atoms with Crippen LogP contribution in [0.15, 0.2) is 107 Å². The van der Waals surface area contributed by atoms with Gasteiger partial charge in [0.05, 0.1) is 25.9 Å². The van der Waals surface area contributed by atoms with Crippen molar-refractivity contribution in [1.82, 2.24) is 0 Å². The fourth-order valence-electron chi connectivity index (χ4n) is 4.02. The van der Waals surface area contributed by atoms with Crippen molar-refractivity contribution in [3.8, 4) is 5.75 Å². The zero-order valence-electron chi connectivity index (χ0n) is 20.2. The Morgan fingerprint density at radius 3 is 1.85 bits per heavy atom. The molecule has 0 aromatic heterocycles. The van der Waals surface area contributed by atoms with Crippen LogP contribution >= 0.6 is 39.1 Å². The van der Waals surface area contributed by atoms with E-state index < -0.39 is 17.8 Å². The topological polar surface area (TPSA) is 66.9 Å². The van der Waals surface area contributed by atoms with E-state index in [-0.39, 0.29) is 12.2 Å². The second-order valence-corrected chi connectivity index (χ2v) is 10.2. The molecule has 9 heteroatoms. The van der Waals surface area contributed by atoms with Crippen molar-refractivity contribution in [2.75, 3.05) is 9.80 Å². The maximum absolute atomic E-state index is 13.5. The third-order valence-corrected chi connectivity index (χ3v) is 7.28. The molecule has 1 saturated heterocycles. The van der Waals surface area contributed by atoms with Gasteiger partial charge in [0.2, 0.25) is 0 Å². The number of carbonyl (C=O) groups is 3. The minimum atomic E-state index is -0.744. The number of hydrogen-bond acceptors (Lipinski definition) is 4. The average molecular weight is 622 g/mol. The van der Waals surface area contributed by atoms with E-state index in [1.165, 1.54) is 6.08 Å². The summed E-state index contributed by atoms with van der Waals surface area (Å²) < 4.78 is 6.52. The Morgan fingerprint density at radius 1 is 0.718 bits per heavy atom. The van der Waals surface area contributed by atoms with Crippen molar-refractivity contribution in [1.29, 1.82) is 0 Å². The summed E-state index contributed by atoms with van der Waals surface area (Å²) in [6.45, 7) is 0.257. The molecular weight excluding hydrogens is 603 g/mol. The summed E-state index contributed by atoms with van der Waals surface area (Å²) in [6.07, 6.45) is 1.47. The first-order valence-electron chi connectivity index (χ1n) is 11.7. The molecule has 0 saturated carbocycles. The van der Waals surface area contributed by atoms with Crippen LogP contribution in [0.3, 0.4) is 0 Å². The summed E-state index contributed by atoms with van der Waals surface area (Å²) in [5.41, 5.74) is 1.97. The van der Waals surface area contributed by atoms with Gasteiger partial charge in [-0.3, -0.25) is 9.59 Å². The normalized spacial score (nSPS) is 13.6. The van der Waals surface area contributed by atoms with Gasteiger partial charge in [-0.05, 0) is 81.7 Å². The molecule has 1 aliphatic heterocycles. The van der Waals surface area contributed by atoms with Crippen LogP contribution in [0.2, 0.25) is 10.0 Å². The van der Waals surface area contributed by atoms with Crippen LogP contribution in [-0.2, 0) is 16.2 Å². The fraction of sp³-hybridized carbons (Fsp3) is 0.0333. The van der Waals surface area contributed by atoms with E-state index in [0.717, 1.165) is 15.4 Å². The summed E-state index contributed by atoms with van der Waals surface area (Å²) in [5, 5.41) is 0.900. The quantitative estimate of drug-likeness (QED) is 0.162. The number of barbiturate groups is 1. The van der Waals surface area contributed by atoms with Gasteiger partial charge >= 0.3 is 6.03 Å². The number of anilines is 2. The first-order valence-corrected chi connectivity index (χ1v) is 13.3. The molecule has 0 radical (unpaired) electrons. The molecule has 4 amide bonds. The number of amides is 4. The minimum Gasteiger partial charge on any atom is -0.488 e. The number of rotatable bonds is 6. The number of imide groups is 2. The van der Waals surface area contributed by atoms with Gasteiger partial charge < -0.3 is 4.74 Å². The Morgan fingerprint density at radius 2 is 1.31 bits per heavy atom. The molecule has 6 nitrogen and oxygen atoms in total. The lowest BCUT2D eigenvalue weighted by Gasteiger charge is -2.33. The summed E-state index contributed by atoms with van der Waals surface area (Å²) in [7, 11) is 0. The van der Waals surface area contributed by atoms with Crippen molar-refractivity contribution in [2.45, 2.75) is 6.61 Å². The number of urea groups is 1. The van der Waals surface area contributed by atoms with Gasteiger partial charge in [0, 0.05) is 0 Å². The smallest absolute Gasteiger partial charge is 0.343 e. The number of nitrogens with zero attached hydrogens (tertiary/aromatic N) is 2. The predicted octanol–water partition coefficient (Wildman–Crippen LogP) is 7.92. The number of benzene rings is 4. The van der Waals surface area contributed by atoms with Gasteiger partial charge in [-0.25, -0.2) is 14.6 Å². The minimum absolute atomic E-state index is 0.154. The zero-order valence-corrected chi connectivity index (χ0v) is 23.3. The second-order valence-electron chi connectivity index (χ2n) is 8.52. The van der Waals surface area contributed by atoms with Crippen LogP contribution in [0.5, 0.6) is 5.75 Å². The Labute approximate surface area is 243 Å². The van der Waals surface area contributed by atoms with Crippen LogP contribution in [0, 0.1) is 0 Å². The molecule has 5 rings (SSSR count). The molecule has 1 heterocycles. The SMILES string of the molecule is O=C1C(=Cc2ccc(OCc3ccc(Cl)c(Cl)c3)c(Br)c2)C(=O)N(c2ccccc2)C(=O)N1c1ccccc1. The van der Waals surface area contributed by atoms with Gasteiger partial charge in [0.1, 0.15) is 17.9 Å². The molecule has 0 bridgehead atoms. The molecule has 4 aromatic carbocycles. The van der Waals surface area contributed by atoms with Crippen molar-refractivity contribution in [3.63, 3.8) is 0 Å². The van der Waals surface area contributed by atoms with E-state index in [1.807, 2.05) is 6.07 Å².